The highest BCUT2D eigenvalue weighted by Gasteiger charge is 2.23. The molecule has 12 aromatic rings. The lowest BCUT2D eigenvalue weighted by Crippen LogP contribution is -2.21. The van der Waals surface area contributed by atoms with Gasteiger partial charge in [0.15, 0.2) is 0 Å². The number of nitrogens with zero attached hydrogens (tertiary/aromatic N) is 4. The van der Waals surface area contributed by atoms with Crippen LogP contribution in [0.4, 0.5) is 0 Å². The highest BCUT2D eigenvalue weighted by Crippen LogP contribution is 2.39. The summed E-state index contributed by atoms with van der Waals surface area (Å²) < 4.78 is 12.1. The van der Waals surface area contributed by atoms with Gasteiger partial charge in [-0.15, -0.1) is 0 Å². The fraction of sp³-hybridized carbons (Fsp3) is 0. The van der Waals surface area contributed by atoms with Crippen molar-refractivity contribution < 1.29 is 4.42 Å². The van der Waals surface area contributed by atoms with Crippen molar-refractivity contribution in [3.05, 3.63) is 187 Å². The molecule has 0 N–H and O–H groups in total. The van der Waals surface area contributed by atoms with Crippen molar-refractivity contribution in [3.63, 3.8) is 0 Å². The second-order valence-electron chi connectivity index (χ2n) is 14.0. The molecule has 0 spiro atoms. The quantitative estimate of drug-likeness (QED) is 0.184. The minimum Gasteiger partial charge on any atom is -0.456 e. The van der Waals surface area contributed by atoms with Crippen molar-refractivity contribution >= 4 is 65.6 Å². The molecule has 0 aliphatic rings. The summed E-state index contributed by atoms with van der Waals surface area (Å²) in [4.78, 5) is 55.7. The summed E-state index contributed by atoms with van der Waals surface area (Å²) in [7, 11) is 0. The van der Waals surface area contributed by atoms with E-state index >= 15 is 0 Å². The molecule has 0 fully saturated rings. The van der Waals surface area contributed by atoms with Crippen LogP contribution < -0.4 is 22.2 Å². The van der Waals surface area contributed by atoms with Crippen LogP contribution in [-0.4, -0.2) is 18.1 Å². The number of rotatable bonds is 3. The summed E-state index contributed by atoms with van der Waals surface area (Å²) in [5, 5.41) is 3.77. The molecule has 0 unspecified atom stereocenters. The maximum atomic E-state index is 14.3. The average molecular weight is 713 g/mol. The lowest BCUT2D eigenvalue weighted by molar-refractivity contribution is 0.669. The number of hydrogen-bond acceptors (Lipinski definition) is 5. The predicted molar refractivity (Wildman–Crippen MR) is 216 cm³/mol. The topological polar surface area (TPSA) is 99.1 Å². The van der Waals surface area contributed by atoms with Crippen LogP contribution in [0.15, 0.2) is 169 Å². The molecular formula is C46H24N4O5. The molecule has 0 radical (unpaired) electrons. The highest BCUT2D eigenvalue weighted by molar-refractivity contribution is 6.07. The Labute approximate surface area is 307 Å². The smallest absolute Gasteiger partial charge is 0.283 e. The van der Waals surface area contributed by atoms with Gasteiger partial charge < -0.3 is 4.42 Å². The number of fused-ring (bicyclic) bond motifs is 13. The number of para-hydroxylation sites is 3. The van der Waals surface area contributed by atoms with Crippen LogP contribution in [0, 0.1) is 0 Å². The number of hydrogen-bond donors (Lipinski definition) is 0. The summed E-state index contributed by atoms with van der Waals surface area (Å²) in [6, 6.07) is 45.7. The van der Waals surface area contributed by atoms with Crippen LogP contribution in [0.5, 0.6) is 0 Å². The van der Waals surface area contributed by atoms with Gasteiger partial charge in [-0.2, -0.15) is 9.03 Å². The minimum absolute atomic E-state index is 0.374. The average Bonchev–Trinajstić information content (AvgIpc) is 3.99. The van der Waals surface area contributed by atoms with Crippen LogP contribution in [0.3, 0.4) is 0 Å². The van der Waals surface area contributed by atoms with Gasteiger partial charge in [-0.05, 0) is 106 Å². The van der Waals surface area contributed by atoms with Crippen LogP contribution in [0.2, 0.25) is 0 Å². The fourth-order valence-electron chi connectivity index (χ4n) is 8.73. The summed E-state index contributed by atoms with van der Waals surface area (Å²) in [5.74, 6) is 0. The molecule has 7 aromatic carbocycles. The fourth-order valence-corrected chi connectivity index (χ4v) is 8.73. The Balaban J connectivity index is 1.17. The van der Waals surface area contributed by atoms with Crippen molar-refractivity contribution in [1.82, 2.24) is 18.1 Å². The Bertz CT molecular complexity index is 3690. The zero-order valence-corrected chi connectivity index (χ0v) is 28.7. The third-order valence-electron chi connectivity index (χ3n) is 11.1. The van der Waals surface area contributed by atoms with E-state index in [2.05, 4.69) is 0 Å². The van der Waals surface area contributed by atoms with Gasteiger partial charge in [-0.25, -0.2) is 9.03 Å². The lowest BCUT2D eigenvalue weighted by Gasteiger charge is -2.12. The number of aromatic nitrogens is 4. The summed E-state index contributed by atoms with van der Waals surface area (Å²) in [5.41, 5.74) is 6.88. The second-order valence-corrected chi connectivity index (χ2v) is 14.0. The van der Waals surface area contributed by atoms with Gasteiger partial charge >= 0.3 is 0 Å². The summed E-state index contributed by atoms with van der Waals surface area (Å²) >= 11 is 0. The van der Waals surface area contributed by atoms with Gasteiger partial charge in [0, 0.05) is 10.8 Å². The molecule has 0 amide bonds. The first kappa shape index (κ1) is 29.8. The van der Waals surface area contributed by atoms with Crippen LogP contribution in [-0.2, 0) is 0 Å². The second kappa shape index (κ2) is 10.4. The van der Waals surface area contributed by atoms with E-state index in [1.165, 1.54) is 9.03 Å². The van der Waals surface area contributed by atoms with Gasteiger partial charge in [-0.3, -0.25) is 19.2 Å². The number of benzene rings is 7. The van der Waals surface area contributed by atoms with Gasteiger partial charge in [0.05, 0.1) is 43.6 Å². The molecule has 0 saturated carbocycles. The zero-order valence-electron chi connectivity index (χ0n) is 28.7. The molecule has 0 saturated heterocycles. The molecule has 9 heteroatoms. The van der Waals surface area contributed by atoms with Gasteiger partial charge in [0.2, 0.25) is 0 Å². The van der Waals surface area contributed by atoms with Crippen molar-refractivity contribution in [2.24, 2.45) is 0 Å². The van der Waals surface area contributed by atoms with E-state index in [4.69, 9.17) is 4.42 Å². The Kier molecular flexibility index (Phi) is 5.64. The molecule has 55 heavy (non-hydrogen) atoms. The molecule has 12 rings (SSSR count). The SMILES string of the molecule is O=c1c2ccccc2n2c3cccc(-c4cc(-c5ccc6c(c5)oc5ccccc56)cc(-c5cccc6c5c(=O)n5c(=O)c7ccccc7n65)c4)c3c(=O)n12. The summed E-state index contributed by atoms with van der Waals surface area (Å²) in [6.45, 7) is 0. The Morgan fingerprint density at radius 1 is 0.327 bits per heavy atom. The first-order valence-corrected chi connectivity index (χ1v) is 17.9. The third kappa shape index (κ3) is 3.80. The van der Waals surface area contributed by atoms with E-state index in [0.717, 1.165) is 44.2 Å². The monoisotopic (exact) mass is 712 g/mol. The van der Waals surface area contributed by atoms with Crippen molar-refractivity contribution in [2.45, 2.75) is 0 Å². The minimum atomic E-state index is -0.413. The molecule has 0 bridgehead atoms. The normalized spacial score (nSPS) is 12.3. The lowest BCUT2D eigenvalue weighted by atomic mass is 9.91. The van der Waals surface area contributed by atoms with E-state index in [1.54, 1.807) is 33.3 Å². The Morgan fingerprint density at radius 3 is 1.38 bits per heavy atom. The van der Waals surface area contributed by atoms with Gasteiger partial charge in [0.25, 0.3) is 22.2 Å². The maximum absolute atomic E-state index is 14.3. The molecular weight excluding hydrogens is 689 g/mol. The van der Waals surface area contributed by atoms with Gasteiger partial charge in [-0.1, -0.05) is 72.8 Å². The van der Waals surface area contributed by atoms with E-state index < -0.39 is 11.1 Å². The molecule has 258 valence electrons. The largest absolute Gasteiger partial charge is 0.456 e. The molecule has 9 nitrogen and oxygen atoms in total. The van der Waals surface area contributed by atoms with Crippen LogP contribution in [0.1, 0.15) is 0 Å². The molecule has 0 aliphatic heterocycles. The van der Waals surface area contributed by atoms with Crippen molar-refractivity contribution in [2.75, 3.05) is 0 Å². The number of furan rings is 1. The highest BCUT2D eigenvalue weighted by atomic mass is 16.3. The molecule has 0 atom stereocenters. The van der Waals surface area contributed by atoms with E-state index in [-0.39, 0.29) is 11.1 Å². The molecule has 5 heterocycles. The summed E-state index contributed by atoms with van der Waals surface area (Å²) in [6.07, 6.45) is 0. The first-order valence-electron chi connectivity index (χ1n) is 17.9. The molecule has 5 aromatic heterocycles. The first-order chi connectivity index (χ1) is 27.0. The van der Waals surface area contributed by atoms with Gasteiger partial charge in [0.1, 0.15) is 11.2 Å². The zero-order chi connectivity index (χ0) is 36.7. The predicted octanol–water partition coefficient (Wildman–Crippen LogP) is 8.22. The van der Waals surface area contributed by atoms with Crippen LogP contribution in [0.25, 0.3) is 98.9 Å². The standard InChI is InChI=1S/C46H24N4O5/c51-43-33-10-1-4-14-35(33)47-37-16-7-12-29(41(37)45(53)49(43)47)27-21-26(25-19-20-32-31-9-3-6-18-39(31)55-40(32)24-25)22-28(23-27)30-13-8-17-38-42(30)46(54)50-44(52)34-11-2-5-15-36(34)48(38)50/h1-24H. The third-order valence-corrected chi connectivity index (χ3v) is 11.1. The van der Waals surface area contributed by atoms with E-state index in [9.17, 15) is 19.2 Å². The Hall–Kier alpha value is -7.78. The van der Waals surface area contributed by atoms with Crippen molar-refractivity contribution in [3.8, 4) is 33.4 Å². The van der Waals surface area contributed by atoms with E-state index in [1.807, 2.05) is 121 Å². The van der Waals surface area contributed by atoms with E-state index in [0.29, 0.717) is 54.7 Å². The van der Waals surface area contributed by atoms with Crippen LogP contribution >= 0.6 is 0 Å². The van der Waals surface area contributed by atoms with Crippen molar-refractivity contribution in [1.29, 1.82) is 0 Å². The Morgan fingerprint density at radius 2 is 0.800 bits per heavy atom. The maximum Gasteiger partial charge on any atom is 0.283 e. The molecule has 0 aliphatic carbocycles.